The molecule has 1 saturated heterocycles. The predicted molar refractivity (Wildman–Crippen MR) is 131 cm³/mol. The van der Waals surface area contributed by atoms with E-state index in [0.717, 1.165) is 0 Å². The van der Waals surface area contributed by atoms with Crippen LogP contribution in [-0.2, 0) is 38.2 Å². The number of H-pyrrole nitrogens is 1. The minimum atomic E-state index is -0.873. The fraction of sp³-hybridized carbons (Fsp3) is 0.583. The number of hydrogen-bond acceptors (Lipinski definition) is 11. The Balaban J connectivity index is 1.81. The molecule has 1 amide bonds. The van der Waals surface area contributed by atoms with Gasteiger partial charge in [0.05, 0.1) is 19.2 Å². The van der Waals surface area contributed by atoms with E-state index in [1.807, 2.05) is 0 Å². The second-order valence-electron chi connectivity index (χ2n) is 9.36. The zero-order valence-corrected chi connectivity index (χ0v) is 21.6. The normalized spacial score (nSPS) is 18.9. The molecule has 0 radical (unpaired) electrons. The second kappa shape index (κ2) is 12.5. The topological polar surface area (TPSA) is 189 Å². The predicted octanol–water partition coefficient (Wildman–Crippen LogP) is 1.19. The van der Waals surface area contributed by atoms with Crippen LogP contribution in [0.3, 0.4) is 0 Å². The van der Waals surface area contributed by atoms with E-state index in [9.17, 15) is 28.8 Å². The molecule has 3 heterocycles. The zero-order chi connectivity index (χ0) is 28.0. The third-order valence-electron chi connectivity index (χ3n) is 5.74. The van der Waals surface area contributed by atoms with E-state index in [-0.39, 0.29) is 79.2 Å². The highest BCUT2D eigenvalue weighted by Crippen LogP contribution is 2.33. The summed E-state index contributed by atoms with van der Waals surface area (Å²) in [5.41, 5.74) is -0.446. The molecule has 2 aromatic heterocycles. The van der Waals surface area contributed by atoms with Gasteiger partial charge in [-0.05, 0) is 13.8 Å². The number of hydrogen-bond donors (Lipinski definition) is 2. The summed E-state index contributed by atoms with van der Waals surface area (Å²) in [5, 5.41) is 2.54. The lowest BCUT2D eigenvalue weighted by molar-refractivity contribution is -0.159. The van der Waals surface area contributed by atoms with Crippen LogP contribution in [0, 0.1) is 5.92 Å². The lowest BCUT2D eigenvalue weighted by Crippen LogP contribution is -2.32. The summed E-state index contributed by atoms with van der Waals surface area (Å²) in [4.78, 5) is 82.2. The third kappa shape index (κ3) is 7.54. The van der Waals surface area contributed by atoms with Crippen molar-refractivity contribution >= 4 is 46.5 Å². The number of anilines is 1. The van der Waals surface area contributed by atoms with Crippen LogP contribution in [0.5, 0.6) is 0 Å². The van der Waals surface area contributed by atoms with Crippen molar-refractivity contribution in [3.05, 3.63) is 16.7 Å². The molecule has 206 valence electrons. The number of nitrogens with one attached hydrogen (secondary N) is 2. The zero-order valence-electron chi connectivity index (χ0n) is 21.6. The summed E-state index contributed by atoms with van der Waals surface area (Å²) in [6.07, 6.45) is -1.26. The number of ketones is 2. The van der Waals surface area contributed by atoms with Gasteiger partial charge < -0.3 is 23.8 Å². The van der Waals surface area contributed by atoms with Crippen LogP contribution < -0.4 is 10.9 Å². The molecule has 1 aliphatic heterocycles. The first-order chi connectivity index (χ1) is 17.9. The highest BCUT2D eigenvalue weighted by atomic mass is 16.6. The Morgan fingerprint density at radius 2 is 1.76 bits per heavy atom. The molecule has 2 N–H and O–H groups in total. The SMILES string of the molecule is CC(=O)CCC(=O)OC[C@@H]1O[C@H](n2cnc3c(=O)[nH]c(NC(=O)C(C)C)nc32)C[C@H]1OC(=O)CCC(C)=O. The van der Waals surface area contributed by atoms with Crippen LogP contribution in [-0.4, -0.2) is 67.7 Å². The van der Waals surface area contributed by atoms with Gasteiger partial charge in [-0.3, -0.25) is 34.0 Å². The van der Waals surface area contributed by atoms with Gasteiger partial charge in [-0.2, -0.15) is 4.98 Å². The Hall–Kier alpha value is -3.94. The summed E-state index contributed by atoms with van der Waals surface area (Å²) in [6, 6.07) is 0. The van der Waals surface area contributed by atoms with E-state index in [0.29, 0.717) is 0 Å². The van der Waals surface area contributed by atoms with Gasteiger partial charge in [0.1, 0.15) is 36.6 Å². The van der Waals surface area contributed by atoms with E-state index in [1.54, 1.807) is 13.8 Å². The molecule has 38 heavy (non-hydrogen) atoms. The molecule has 0 saturated carbocycles. The first kappa shape index (κ1) is 28.6. The van der Waals surface area contributed by atoms with Gasteiger partial charge in [-0.25, -0.2) is 4.98 Å². The van der Waals surface area contributed by atoms with Crippen molar-refractivity contribution in [2.24, 2.45) is 5.92 Å². The molecular weight excluding hydrogens is 502 g/mol. The smallest absolute Gasteiger partial charge is 0.306 e. The fourth-order valence-corrected chi connectivity index (χ4v) is 3.63. The average molecular weight is 534 g/mol. The number of carbonyl (C=O) groups is 5. The summed E-state index contributed by atoms with van der Waals surface area (Å²) < 4.78 is 18.3. The number of rotatable bonds is 12. The van der Waals surface area contributed by atoms with Gasteiger partial charge in [0.2, 0.25) is 11.9 Å². The van der Waals surface area contributed by atoms with E-state index in [2.05, 4.69) is 20.3 Å². The van der Waals surface area contributed by atoms with Crippen molar-refractivity contribution in [2.75, 3.05) is 11.9 Å². The number of Topliss-reactive ketones (excluding diaryl/α,β-unsaturated/α-hetero) is 2. The van der Waals surface area contributed by atoms with E-state index in [1.165, 1.54) is 24.7 Å². The minimum absolute atomic E-state index is 0.00487. The number of amides is 1. The van der Waals surface area contributed by atoms with Crippen molar-refractivity contribution in [1.29, 1.82) is 0 Å². The number of aromatic amines is 1. The van der Waals surface area contributed by atoms with Crippen LogP contribution in [0.2, 0.25) is 0 Å². The summed E-state index contributed by atoms with van der Waals surface area (Å²) >= 11 is 0. The molecule has 14 heteroatoms. The number of aromatic nitrogens is 4. The number of ether oxygens (including phenoxy) is 3. The first-order valence-electron chi connectivity index (χ1n) is 12.2. The van der Waals surface area contributed by atoms with Crippen LogP contribution in [0.15, 0.2) is 11.1 Å². The number of carbonyl (C=O) groups excluding carboxylic acids is 5. The maximum Gasteiger partial charge on any atom is 0.306 e. The van der Waals surface area contributed by atoms with E-state index in [4.69, 9.17) is 14.2 Å². The third-order valence-corrected chi connectivity index (χ3v) is 5.74. The largest absolute Gasteiger partial charge is 0.463 e. The Labute approximate surface area is 217 Å². The Morgan fingerprint density at radius 3 is 2.39 bits per heavy atom. The summed E-state index contributed by atoms with van der Waals surface area (Å²) in [5.74, 6) is -2.32. The lowest BCUT2D eigenvalue weighted by Gasteiger charge is -2.18. The molecule has 0 bridgehead atoms. The second-order valence-corrected chi connectivity index (χ2v) is 9.36. The van der Waals surface area contributed by atoms with E-state index < -0.39 is 35.9 Å². The van der Waals surface area contributed by atoms with Gasteiger partial charge in [-0.15, -0.1) is 0 Å². The van der Waals surface area contributed by atoms with Gasteiger partial charge in [0.15, 0.2) is 11.2 Å². The van der Waals surface area contributed by atoms with Gasteiger partial charge in [0, 0.05) is 25.2 Å². The molecule has 2 aromatic rings. The monoisotopic (exact) mass is 533 g/mol. The molecule has 1 fully saturated rings. The Kier molecular flexibility index (Phi) is 9.45. The van der Waals surface area contributed by atoms with Crippen LogP contribution in [0.4, 0.5) is 5.95 Å². The van der Waals surface area contributed by atoms with Crippen molar-refractivity contribution in [3.63, 3.8) is 0 Å². The highest BCUT2D eigenvalue weighted by Gasteiger charge is 2.40. The van der Waals surface area contributed by atoms with Crippen molar-refractivity contribution in [3.8, 4) is 0 Å². The molecule has 3 atom stereocenters. The van der Waals surface area contributed by atoms with E-state index >= 15 is 0 Å². The number of esters is 2. The Bertz CT molecular complexity index is 1280. The standard InChI is InChI=1S/C24H31N5O9/c1-12(2)22(34)27-24-26-21-20(23(35)28-24)25-11-29(21)17-9-15(38-19(33)8-6-14(4)31)16(37-17)10-36-18(32)7-5-13(3)30/h11-12,15-17H,5-10H2,1-4H3,(H2,26,27,28,34,35)/t15-,16+,17+/m1/s1. The molecule has 1 aliphatic rings. The maximum absolute atomic E-state index is 12.5. The summed E-state index contributed by atoms with van der Waals surface area (Å²) in [6.45, 7) is 5.85. The van der Waals surface area contributed by atoms with Crippen molar-refractivity contribution < 1.29 is 38.2 Å². The van der Waals surface area contributed by atoms with Gasteiger partial charge >= 0.3 is 11.9 Å². The molecule has 0 aliphatic carbocycles. The van der Waals surface area contributed by atoms with Crippen LogP contribution >= 0.6 is 0 Å². The number of imidazole rings is 1. The molecule has 0 spiro atoms. The minimum Gasteiger partial charge on any atom is -0.463 e. The number of fused-ring (bicyclic) bond motifs is 1. The highest BCUT2D eigenvalue weighted by molar-refractivity contribution is 5.91. The molecule has 0 aromatic carbocycles. The molecule has 0 unspecified atom stereocenters. The first-order valence-corrected chi connectivity index (χ1v) is 12.2. The quantitative estimate of drug-likeness (QED) is 0.373. The average Bonchev–Trinajstić information content (AvgIpc) is 3.44. The van der Waals surface area contributed by atoms with Gasteiger partial charge in [0.25, 0.3) is 5.56 Å². The molecule has 3 rings (SSSR count). The number of nitrogens with zero attached hydrogens (tertiary/aromatic N) is 3. The summed E-state index contributed by atoms with van der Waals surface area (Å²) in [7, 11) is 0. The lowest BCUT2D eigenvalue weighted by atomic mass is 10.1. The molecular formula is C24H31N5O9. The maximum atomic E-state index is 12.5. The van der Waals surface area contributed by atoms with Gasteiger partial charge in [-0.1, -0.05) is 13.8 Å². The fourth-order valence-electron chi connectivity index (χ4n) is 3.63. The van der Waals surface area contributed by atoms with Crippen LogP contribution in [0.25, 0.3) is 11.2 Å². The van der Waals surface area contributed by atoms with Crippen molar-refractivity contribution in [2.45, 2.75) is 78.2 Å². The van der Waals surface area contributed by atoms with Crippen molar-refractivity contribution in [1.82, 2.24) is 19.5 Å². The molecule has 14 nitrogen and oxygen atoms in total. The Morgan fingerprint density at radius 1 is 1.11 bits per heavy atom. The van der Waals surface area contributed by atoms with Crippen LogP contribution in [0.1, 0.15) is 66.0 Å².